The van der Waals surface area contributed by atoms with E-state index in [1.54, 1.807) is 12.1 Å². The number of nitrogens with two attached hydrogens (primary N) is 1. The van der Waals surface area contributed by atoms with E-state index in [1.807, 2.05) is 11.9 Å². The molecule has 0 saturated heterocycles. The zero-order chi connectivity index (χ0) is 13.0. The van der Waals surface area contributed by atoms with Gasteiger partial charge in [0.2, 0.25) is 0 Å². The second kappa shape index (κ2) is 5.52. The number of hydrogen-bond acceptors (Lipinski definition) is 3. The molecule has 0 bridgehead atoms. The Morgan fingerprint density at radius 3 is 2.65 bits per heavy atom. The Kier molecular flexibility index (Phi) is 4.31. The first-order chi connectivity index (χ1) is 7.95. The summed E-state index contributed by atoms with van der Waals surface area (Å²) < 4.78 is 13.8. The highest BCUT2D eigenvalue weighted by Crippen LogP contribution is 2.20. The first-order valence-electron chi connectivity index (χ1n) is 5.44. The number of oxime groups is 1. The minimum atomic E-state index is -0.378. The van der Waals surface area contributed by atoms with Crippen molar-refractivity contribution in [1.82, 2.24) is 0 Å². The molecule has 1 aromatic carbocycles. The van der Waals surface area contributed by atoms with Crippen molar-refractivity contribution >= 4 is 11.5 Å². The molecular weight excluding hydrogens is 221 g/mol. The van der Waals surface area contributed by atoms with Crippen molar-refractivity contribution in [1.29, 1.82) is 0 Å². The van der Waals surface area contributed by atoms with Crippen molar-refractivity contribution in [2.75, 3.05) is 18.5 Å². The molecule has 0 aromatic heterocycles. The second-order valence-corrected chi connectivity index (χ2v) is 4.43. The van der Waals surface area contributed by atoms with Crippen LogP contribution in [0.15, 0.2) is 23.4 Å². The number of hydrogen-bond donors (Lipinski definition) is 2. The minimum Gasteiger partial charge on any atom is -0.409 e. The van der Waals surface area contributed by atoms with Crippen molar-refractivity contribution in [3.63, 3.8) is 0 Å². The van der Waals surface area contributed by atoms with Gasteiger partial charge in [-0.15, -0.1) is 0 Å². The third-order valence-electron chi connectivity index (χ3n) is 2.40. The number of rotatable bonds is 4. The molecule has 3 N–H and O–H groups in total. The first-order valence-corrected chi connectivity index (χ1v) is 5.44. The average molecular weight is 239 g/mol. The maximum atomic E-state index is 13.8. The lowest BCUT2D eigenvalue weighted by Gasteiger charge is -2.22. The lowest BCUT2D eigenvalue weighted by atomic mass is 10.1. The number of halogens is 1. The summed E-state index contributed by atoms with van der Waals surface area (Å²) in [6, 6.07) is 4.52. The molecule has 94 valence electrons. The van der Waals surface area contributed by atoms with Gasteiger partial charge in [-0.1, -0.05) is 19.0 Å². The number of anilines is 1. The average Bonchev–Trinajstić information content (AvgIpc) is 2.26. The highest BCUT2D eigenvalue weighted by atomic mass is 19.1. The molecule has 5 heteroatoms. The van der Waals surface area contributed by atoms with E-state index in [0.717, 1.165) is 6.54 Å². The first kappa shape index (κ1) is 13.3. The van der Waals surface area contributed by atoms with E-state index in [9.17, 15) is 4.39 Å². The highest BCUT2D eigenvalue weighted by Gasteiger charge is 2.11. The predicted molar refractivity (Wildman–Crippen MR) is 67.0 cm³/mol. The van der Waals surface area contributed by atoms with Gasteiger partial charge in [-0.2, -0.15) is 0 Å². The van der Waals surface area contributed by atoms with E-state index in [2.05, 4.69) is 19.0 Å². The van der Waals surface area contributed by atoms with Gasteiger partial charge in [0, 0.05) is 19.2 Å². The summed E-state index contributed by atoms with van der Waals surface area (Å²) in [5.41, 5.74) is 6.26. The monoisotopic (exact) mass is 239 g/mol. The molecule has 0 amide bonds. The summed E-state index contributed by atoms with van der Waals surface area (Å²) in [6.45, 7) is 4.90. The Morgan fingerprint density at radius 2 is 2.18 bits per heavy atom. The van der Waals surface area contributed by atoms with E-state index in [1.165, 1.54) is 6.07 Å². The summed E-state index contributed by atoms with van der Waals surface area (Å²) in [7, 11) is 1.83. The number of nitrogens with zero attached hydrogens (tertiary/aromatic N) is 2. The summed E-state index contributed by atoms with van der Waals surface area (Å²) in [5.74, 6) is -0.0256. The Hall–Kier alpha value is -1.78. The van der Waals surface area contributed by atoms with Gasteiger partial charge in [-0.3, -0.25) is 0 Å². The van der Waals surface area contributed by atoms with Gasteiger partial charge < -0.3 is 15.8 Å². The Labute approximate surface area is 101 Å². The summed E-state index contributed by atoms with van der Waals surface area (Å²) in [5, 5.41) is 11.3. The molecule has 0 unspecified atom stereocenters. The fourth-order valence-electron chi connectivity index (χ4n) is 1.68. The molecular formula is C12H18FN3O. The fourth-order valence-corrected chi connectivity index (χ4v) is 1.68. The quantitative estimate of drug-likeness (QED) is 0.366. The van der Waals surface area contributed by atoms with Crippen LogP contribution in [0.2, 0.25) is 0 Å². The number of benzene rings is 1. The molecule has 0 aliphatic heterocycles. The molecule has 0 atom stereocenters. The van der Waals surface area contributed by atoms with Crippen LogP contribution in [-0.4, -0.2) is 24.6 Å². The van der Waals surface area contributed by atoms with E-state index in [4.69, 9.17) is 10.9 Å². The van der Waals surface area contributed by atoms with Crippen molar-refractivity contribution < 1.29 is 9.60 Å². The van der Waals surface area contributed by atoms with E-state index >= 15 is 0 Å². The van der Waals surface area contributed by atoms with E-state index < -0.39 is 0 Å². The van der Waals surface area contributed by atoms with Gasteiger partial charge in [-0.05, 0) is 24.1 Å². The molecule has 0 aliphatic carbocycles. The number of amidine groups is 1. The lowest BCUT2D eigenvalue weighted by Crippen LogP contribution is -2.24. The van der Waals surface area contributed by atoms with Gasteiger partial charge in [0.25, 0.3) is 0 Å². The van der Waals surface area contributed by atoms with Crippen molar-refractivity contribution in [3.8, 4) is 0 Å². The highest BCUT2D eigenvalue weighted by molar-refractivity contribution is 5.97. The lowest BCUT2D eigenvalue weighted by molar-refractivity contribution is 0.318. The van der Waals surface area contributed by atoms with Crippen LogP contribution in [-0.2, 0) is 0 Å². The third kappa shape index (κ3) is 3.34. The van der Waals surface area contributed by atoms with Crippen molar-refractivity contribution in [2.45, 2.75) is 13.8 Å². The van der Waals surface area contributed by atoms with Gasteiger partial charge in [-0.25, -0.2) is 4.39 Å². The minimum absolute atomic E-state index is 0.0954. The Balaban J connectivity index is 2.97. The molecule has 0 spiro atoms. The molecule has 0 fully saturated rings. The van der Waals surface area contributed by atoms with Crippen LogP contribution in [0.4, 0.5) is 10.1 Å². The summed E-state index contributed by atoms with van der Waals surface area (Å²) in [6.07, 6.45) is 0. The van der Waals surface area contributed by atoms with Crippen LogP contribution in [0.5, 0.6) is 0 Å². The third-order valence-corrected chi connectivity index (χ3v) is 2.40. The van der Waals surface area contributed by atoms with Crippen LogP contribution in [0.1, 0.15) is 19.4 Å². The molecule has 0 saturated carbocycles. The van der Waals surface area contributed by atoms with Gasteiger partial charge in [0.1, 0.15) is 5.82 Å². The predicted octanol–water partition coefficient (Wildman–Crippen LogP) is 2.01. The maximum Gasteiger partial charge on any atom is 0.170 e. The van der Waals surface area contributed by atoms with E-state index in [-0.39, 0.29) is 11.7 Å². The maximum absolute atomic E-state index is 13.8. The van der Waals surface area contributed by atoms with Gasteiger partial charge in [0.15, 0.2) is 5.84 Å². The molecule has 0 heterocycles. The SMILES string of the molecule is CC(C)CN(C)c1ccc(/C(N)=N/O)cc1F. The molecule has 0 aliphatic rings. The Morgan fingerprint density at radius 1 is 1.53 bits per heavy atom. The second-order valence-electron chi connectivity index (χ2n) is 4.43. The van der Waals surface area contributed by atoms with Crippen LogP contribution in [0.3, 0.4) is 0 Å². The zero-order valence-corrected chi connectivity index (χ0v) is 10.3. The smallest absolute Gasteiger partial charge is 0.170 e. The van der Waals surface area contributed by atoms with Crippen LogP contribution in [0.25, 0.3) is 0 Å². The normalized spacial score (nSPS) is 11.9. The molecule has 1 rings (SSSR count). The topological polar surface area (TPSA) is 61.8 Å². The largest absolute Gasteiger partial charge is 0.409 e. The van der Waals surface area contributed by atoms with Crippen LogP contribution in [0, 0.1) is 11.7 Å². The van der Waals surface area contributed by atoms with Crippen LogP contribution >= 0.6 is 0 Å². The molecule has 1 aromatic rings. The van der Waals surface area contributed by atoms with Gasteiger partial charge in [0.05, 0.1) is 5.69 Å². The molecule has 17 heavy (non-hydrogen) atoms. The molecule has 4 nitrogen and oxygen atoms in total. The van der Waals surface area contributed by atoms with Crippen molar-refractivity contribution in [2.24, 2.45) is 16.8 Å². The van der Waals surface area contributed by atoms with Gasteiger partial charge >= 0.3 is 0 Å². The zero-order valence-electron chi connectivity index (χ0n) is 10.3. The molecule has 0 radical (unpaired) electrons. The standard InChI is InChI=1S/C12H18FN3O/c1-8(2)7-16(3)11-5-4-9(6-10(11)13)12(14)15-17/h4-6,8,17H,7H2,1-3H3,(H2,14,15). The summed E-state index contributed by atoms with van der Waals surface area (Å²) >= 11 is 0. The van der Waals surface area contributed by atoms with E-state index in [0.29, 0.717) is 17.2 Å². The summed E-state index contributed by atoms with van der Waals surface area (Å²) in [4.78, 5) is 1.84. The van der Waals surface area contributed by atoms with Crippen molar-refractivity contribution in [3.05, 3.63) is 29.6 Å². The Bertz CT molecular complexity index is 418. The fraction of sp³-hybridized carbons (Fsp3) is 0.417. The van der Waals surface area contributed by atoms with Crippen LogP contribution < -0.4 is 10.6 Å².